The Labute approximate surface area is 120 Å². The summed E-state index contributed by atoms with van der Waals surface area (Å²) in [6.07, 6.45) is 0. The Morgan fingerprint density at radius 2 is 2.00 bits per heavy atom. The Morgan fingerprint density at radius 3 is 2.59 bits per heavy atom. The molecule has 0 aliphatic heterocycles. The molecule has 0 saturated carbocycles. The zero-order valence-corrected chi connectivity index (χ0v) is 12.7. The average Bonchev–Trinajstić information content (AvgIpc) is 2.30. The third-order valence-electron chi connectivity index (χ3n) is 2.35. The lowest BCUT2D eigenvalue weighted by molar-refractivity contribution is 0.363. The van der Waals surface area contributed by atoms with Gasteiger partial charge in [0.15, 0.2) is 5.96 Å². The molecule has 0 bridgehead atoms. The third-order valence-corrected chi connectivity index (χ3v) is 2.35. The third kappa shape index (κ3) is 7.17. The van der Waals surface area contributed by atoms with Gasteiger partial charge >= 0.3 is 0 Å². The van der Waals surface area contributed by atoms with Gasteiger partial charge in [-0.1, -0.05) is 25.1 Å². The Kier molecular flexibility index (Phi) is 8.79. The summed E-state index contributed by atoms with van der Waals surface area (Å²) in [7, 11) is 2.07. The first-order valence-corrected chi connectivity index (χ1v) is 5.53. The molecule has 1 aromatic carbocycles. The first-order chi connectivity index (χ1) is 7.72. The topological polar surface area (TPSA) is 53.6 Å². The van der Waals surface area contributed by atoms with Crippen LogP contribution in [0.5, 0.6) is 0 Å². The molecule has 0 aliphatic rings. The maximum absolute atomic E-state index is 5.75. The van der Waals surface area contributed by atoms with Crippen molar-refractivity contribution in [2.75, 3.05) is 32.0 Å². The van der Waals surface area contributed by atoms with Gasteiger partial charge in [0.25, 0.3) is 0 Å². The van der Waals surface area contributed by atoms with Crippen LogP contribution in [0.25, 0.3) is 0 Å². The standard InChI is InChI=1S/C12H20N4.HI/c1-3-16(2)10-9-14-12(13)15-11-7-5-4-6-8-11;/h4-8H,3,9-10H2,1-2H3,(H3,13,14,15);1H. The van der Waals surface area contributed by atoms with Gasteiger partial charge in [0, 0.05) is 12.2 Å². The summed E-state index contributed by atoms with van der Waals surface area (Å²) in [5.74, 6) is 0.468. The Morgan fingerprint density at radius 1 is 1.35 bits per heavy atom. The quantitative estimate of drug-likeness (QED) is 0.486. The van der Waals surface area contributed by atoms with E-state index in [4.69, 9.17) is 5.73 Å². The van der Waals surface area contributed by atoms with Crippen LogP contribution in [0.15, 0.2) is 35.3 Å². The molecular weight excluding hydrogens is 327 g/mol. The number of para-hydroxylation sites is 1. The molecule has 3 N–H and O–H groups in total. The van der Waals surface area contributed by atoms with Gasteiger partial charge in [0.1, 0.15) is 0 Å². The molecule has 0 fully saturated rings. The molecule has 5 heteroatoms. The zero-order valence-electron chi connectivity index (χ0n) is 10.4. The van der Waals surface area contributed by atoms with E-state index in [1.165, 1.54) is 0 Å². The molecule has 0 unspecified atom stereocenters. The van der Waals surface area contributed by atoms with Gasteiger partial charge in [0.05, 0.1) is 6.54 Å². The van der Waals surface area contributed by atoms with Crippen molar-refractivity contribution < 1.29 is 0 Å². The van der Waals surface area contributed by atoms with E-state index in [0.717, 1.165) is 25.3 Å². The van der Waals surface area contributed by atoms with Crippen LogP contribution in [-0.4, -0.2) is 37.5 Å². The van der Waals surface area contributed by atoms with Crippen molar-refractivity contribution in [3.8, 4) is 0 Å². The van der Waals surface area contributed by atoms with E-state index in [1.807, 2.05) is 30.3 Å². The number of nitrogens with zero attached hydrogens (tertiary/aromatic N) is 2. The summed E-state index contributed by atoms with van der Waals surface area (Å²) in [4.78, 5) is 6.44. The lowest BCUT2D eigenvalue weighted by Gasteiger charge is -2.11. The summed E-state index contributed by atoms with van der Waals surface area (Å²) in [6, 6.07) is 9.80. The number of benzene rings is 1. The molecule has 96 valence electrons. The maximum Gasteiger partial charge on any atom is 0.193 e. The fourth-order valence-corrected chi connectivity index (χ4v) is 1.21. The molecule has 0 amide bonds. The fraction of sp³-hybridized carbons (Fsp3) is 0.417. The maximum atomic E-state index is 5.75. The van der Waals surface area contributed by atoms with Gasteiger partial charge in [-0.05, 0) is 25.7 Å². The SMILES string of the molecule is CCN(C)CCN=C(N)Nc1ccccc1.I. The monoisotopic (exact) mass is 348 g/mol. The van der Waals surface area contributed by atoms with Crippen LogP contribution in [0.3, 0.4) is 0 Å². The predicted octanol–water partition coefficient (Wildman–Crippen LogP) is 1.98. The van der Waals surface area contributed by atoms with E-state index < -0.39 is 0 Å². The highest BCUT2D eigenvalue weighted by atomic mass is 127. The highest BCUT2D eigenvalue weighted by molar-refractivity contribution is 14.0. The van der Waals surface area contributed by atoms with E-state index >= 15 is 0 Å². The zero-order chi connectivity index (χ0) is 11.8. The normalized spacial score (nSPS) is 11.1. The summed E-state index contributed by atoms with van der Waals surface area (Å²) < 4.78 is 0. The number of anilines is 1. The molecule has 0 aromatic heterocycles. The number of nitrogens with two attached hydrogens (primary N) is 1. The van der Waals surface area contributed by atoms with Gasteiger partial charge in [0.2, 0.25) is 0 Å². The fourth-order valence-electron chi connectivity index (χ4n) is 1.21. The Hall–Kier alpha value is -0.820. The number of hydrogen-bond donors (Lipinski definition) is 2. The molecule has 0 radical (unpaired) electrons. The minimum atomic E-state index is 0. The highest BCUT2D eigenvalue weighted by Gasteiger charge is 1.95. The van der Waals surface area contributed by atoms with Crippen LogP contribution >= 0.6 is 24.0 Å². The van der Waals surface area contributed by atoms with Crippen LogP contribution in [0.2, 0.25) is 0 Å². The van der Waals surface area contributed by atoms with Gasteiger partial charge in [-0.15, -0.1) is 24.0 Å². The van der Waals surface area contributed by atoms with Crippen LogP contribution in [0.1, 0.15) is 6.92 Å². The van der Waals surface area contributed by atoms with E-state index in [1.54, 1.807) is 0 Å². The second-order valence-corrected chi connectivity index (χ2v) is 3.65. The van der Waals surface area contributed by atoms with Gasteiger partial charge in [-0.3, -0.25) is 4.99 Å². The molecule has 0 aliphatic carbocycles. The number of aliphatic imine (C=N–C) groups is 1. The van der Waals surface area contributed by atoms with Crippen molar-refractivity contribution in [1.82, 2.24) is 4.90 Å². The van der Waals surface area contributed by atoms with Crippen molar-refractivity contribution in [1.29, 1.82) is 0 Å². The number of hydrogen-bond acceptors (Lipinski definition) is 2. The predicted molar refractivity (Wildman–Crippen MR) is 85.1 cm³/mol. The van der Waals surface area contributed by atoms with E-state index in [2.05, 4.69) is 29.2 Å². The Bertz CT molecular complexity index is 327. The number of rotatable bonds is 5. The Balaban J connectivity index is 0.00000256. The first kappa shape index (κ1) is 16.2. The first-order valence-electron chi connectivity index (χ1n) is 5.53. The van der Waals surface area contributed by atoms with Crippen LogP contribution in [-0.2, 0) is 0 Å². The lowest BCUT2D eigenvalue weighted by atomic mass is 10.3. The van der Waals surface area contributed by atoms with Gasteiger partial charge in [-0.25, -0.2) is 0 Å². The number of halogens is 1. The van der Waals surface area contributed by atoms with Crippen LogP contribution in [0.4, 0.5) is 5.69 Å². The minimum absolute atomic E-state index is 0. The van der Waals surface area contributed by atoms with E-state index in [0.29, 0.717) is 5.96 Å². The molecular formula is C12H21IN4. The van der Waals surface area contributed by atoms with Crippen molar-refractivity contribution >= 4 is 35.6 Å². The van der Waals surface area contributed by atoms with Crippen molar-refractivity contribution in [3.05, 3.63) is 30.3 Å². The van der Waals surface area contributed by atoms with Crippen molar-refractivity contribution in [2.24, 2.45) is 10.7 Å². The minimum Gasteiger partial charge on any atom is -0.370 e. The van der Waals surface area contributed by atoms with E-state index in [9.17, 15) is 0 Å². The molecule has 1 rings (SSSR count). The average molecular weight is 348 g/mol. The molecule has 0 atom stereocenters. The summed E-state index contributed by atoms with van der Waals surface area (Å²) in [5.41, 5.74) is 6.72. The van der Waals surface area contributed by atoms with Crippen LogP contribution < -0.4 is 11.1 Å². The summed E-state index contributed by atoms with van der Waals surface area (Å²) >= 11 is 0. The molecule has 0 saturated heterocycles. The van der Waals surface area contributed by atoms with Gasteiger partial charge in [-0.2, -0.15) is 0 Å². The smallest absolute Gasteiger partial charge is 0.193 e. The summed E-state index contributed by atoms with van der Waals surface area (Å²) in [6.45, 7) is 4.79. The molecule has 0 spiro atoms. The molecule has 1 aromatic rings. The number of likely N-dealkylation sites (N-methyl/N-ethyl adjacent to an activating group) is 1. The molecule has 0 heterocycles. The van der Waals surface area contributed by atoms with Crippen molar-refractivity contribution in [3.63, 3.8) is 0 Å². The summed E-state index contributed by atoms with van der Waals surface area (Å²) in [5, 5.41) is 3.04. The van der Waals surface area contributed by atoms with Crippen molar-refractivity contribution in [2.45, 2.75) is 6.92 Å². The second-order valence-electron chi connectivity index (χ2n) is 3.65. The molecule has 4 nitrogen and oxygen atoms in total. The molecule has 17 heavy (non-hydrogen) atoms. The highest BCUT2D eigenvalue weighted by Crippen LogP contribution is 2.03. The lowest BCUT2D eigenvalue weighted by Crippen LogP contribution is -2.26. The number of nitrogens with one attached hydrogen (secondary N) is 1. The second kappa shape index (κ2) is 9.23. The largest absolute Gasteiger partial charge is 0.370 e. The van der Waals surface area contributed by atoms with Gasteiger partial charge < -0.3 is 16.0 Å². The number of guanidine groups is 1. The van der Waals surface area contributed by atoms with Crippen LogP contribution in [0, 0.1) is 0 Å². The van der Waals surface area contributed by atoms with E-state index in [-0.39, 0.29) is 24.0 Å².